The average molecular weight is 399 g/mol. The number of anilines is 2. The molecule has 0 amide bonds. The van der Waals surface area contributed by atoms with Gasteiger partial charge in [-0.3, -0.25) is 9.88 Å². The van der Waals surface area contributed by atoms with E-state index in [0.29, 0.717) is 23.4 Å². The van der Waals surface area contributed by atoms with Gasteiger partial charge in [-0.25, -0.2) is 4.98 Å². The van der Waals surface area contributed by atoms with Crippen molar-refractivity contribution in [1.82, 2.24) is 19.9 Å². The minimum atomic E-state index is 0.226. The van der Waals surface area contributed by atoms with E-state index >= 15 is 0 Å². The summed E-state index contributed by atoms with van der Waals surface area (Å²) < 4.78 is 11.7. The molecule has 2 aliphatic rings. The highest BCUT2D eigenvalue weighted by molar-refractivity contribution is 5.54. The van der Waals surface area contributed by atoms with Crippen molar-refractivity contribution in [1.29, 1.82) is 0 Å². The van der Waals surface area contributed by atoms with E-state index in [2.05, 4.69) is 45.1 Å². The molecule has 4 rings (SSSR count). The lowest BCUT2D eigenvalue weighted by Crippen LogP contribution is -2.39. The first-order valence-corrected chi connectivity index (χ1v) is 10.4. The third kappa shape index (κ3) is 5.13. The second kappa shape index (κ2) is 8.92. The van der Waals surface area contributed by atoms with Gasteiger partial charge in [0.2, 0.25) is 5.95 Å². The molecule has 0 aromatic carbocycles. The van der Waals surface area contributed by atoms with E-state index in [4.69, 9.17) is 15.2 Å². The Morgan fingerprint density at radius 3 is 2.72 bits per heavy atom. The standard InChI is InChI=1S/C21H30N6O2/c1-14(2)16-12-24-17(15-3-4-15)11-18(16)29-19-13-25-21(22)26-20(19)23-5-6-27-7-9-28-10-8-27/h11-15H,3-10H2,1-2H3,(H3,22,23,25,26). The maximum atomic E-state index is 6.30. The van der Waals surface area contributed by atoms with Gasteiger partial charge >= 0.3 is 0 Å². The Labute approximate surface area is 171 Å². The average Bonchev–Trinajstić information content (AvgIpc) is 3.56. The van der Waals surface area contributed by atoms with Gasteiger partial charge in [0.15, 0.2) is 11.6 Å². The summed E-state index contributed by atoms with van der Waals surface area (Å²) in [6.45, 7) is 9.42. The van der Waals surface area contributed by atoms with Crippen molar-refractivity contribution in [2.24, 2.45) is 0 Å². The summed E-state index contributed by atoms with van der Waals surface area (Å²) in [4.78, 5) is 15.5. The number of rotatable bonds is 8. The van der Waals surface area contributed by atoms with Gasteiger partial charge in [-0.1, -0.05) is 13.8 Å². The molecule has 3 heterocycles. The zero-order valence-corrected chi connectivity index (χ0v) is 17.2. The highest BCUT2D eigenvalue weighted by Crippen LogP contribution is 2.42. The van der Waals surface area contributed by atoms with E-state index in [0.717, 1.165) is 56.4 Å². The zero-order valence-electron chi connectivity index (χ0n) is 17.2. The minimum absolute atomic E-state index is 0.226. The third-order valence-corrected chi connectivity index (χ3v) is 5.35. The molecule has 156 valence electrons. The Morgan fingerprint density at radius 1 is 1.21 bits per heavy atom. The van der Waals surface area contributed by atoms with E-state index < -0.39 is 0 Å². The maximum absolute atomic E-state index is 6.30. The first-order chi connectivity index (χ1) is 14.1. The molecule has 2 aromatic rings. The minimum Gasteiger partial charge on any atom is -0.451 e. The third-order valence-electron chi connectivity index (χ3n) is 5.35. The molecular formula is C21H30N6O2. The number of hydrogen-bond donors (Lipinski definition) is 2. The van der Waals surface area contributed by atoms with Crippen LogP contribution in [0.1, 0.15) is 49.8 Å². The Balaban J connectivity index is 1.50. The maximum Gasteiger partial charge on any atom is 0.222 e. The topological polar surface area (TPSA) is 98.4 Å². The molecule has 2 fully saturated rings. The van der Waals surface area contributed by atoms with Crippen molar-refractivity contribution in [3.05, 3.63) is 29.7 Å². The van der Waals surface area contributed by atoms with Crippen LogP contribution in [0, 0.1) is 0 Å². The molecule has 0 spiro atoms. The van der Waals surface area contributed by atoms with Crippen LogP contribution in [0.5, 0.6) is 11.5 Å². The number of nitrogens with zero attached hydrogens (tertiary/aromatic N) is 4. The Hall–Kier alpha value is -2.45. The largest absolute Gasteiger partial charge is 0.451 e. The van der Waals surface area contributed by atoms with Crippen LogP contribution in [0.15, 0.2) is 18.5 Å². The van der Waals surface area contributed by atoms with Gasteiger partial charge in [0, 0.05) is 55.6 Å². The summed E-state index contributed by atoms with van der Waals surface area (Å²) >= 11 is 0. The molecule has 2 aromatic heterocycles. The lowest BCUT2D eigenvalue weighted by molar-refractivity contribution is 0.0398. The second-order valence-corrected chi connectivity index (χ2v) is 8.00. The van der Waals surface area contributed by atoms with Crippen LogP contribution in [0.25, 0.3) is 0 Å². The van der Waals surface area contributed by atoms with Crippen molar-refractivity contribution in [3.8, 4) is 11.5 Å². The first kappa shape index (κ1) is 19.8. The van der Waals surface area contributed by atoms with Crippen LogP contribution in [-0.4, -0.2) is 59.2 Å². The van der Waals surface area contributed by atoms with Crippen molar-refractivity contribution in [3.63, 3.8) is 0 Å². The number of ether oxygens (including phenoxy) is 2. The van der Waals surface area contributed by atoms with Crippen LogP contribution in [0.2, 0.25) is 0 Å². The molecule has 0 bridgehead atoms. The van der Waals surface area contributed by atoms with Crippen LogP contribution >= 0.6 is 0 Å². The fourth-order valence-corrected chi connectivity index (χ4v) is 3.45. The van der Waals surface area contributed by atoms with Crippen LogP contribution in [-0.2, 0) is 4.74 Å². The fraction of sp³-hybridized carbons (Fsp3) is 0.571. The molecular weight excluding hydrogens is 368 g/mol. The van der Waals surface area contributed by atoms with Crippen LogP contribution in [0.3, 0.4) is 0 Å². The van der Waals surface area contributed by atoms with E-state index in [1.165, 1.54) is 12.8 Å². The molecule has 8 heteroatoms. The Bertz CT molecular complexity index is 834. The van der Waals surface area contributed by atoms with Crippen molar-refractivity contribution in [2.75, 3.05) is 50.4 Å². The van der Waals surface area contributed by atoms with Gasteiger partial charge in [-0.15, -0.1) is 0 Å². The van der Waals surface area contributed by atoms with Gasteiger partial charge in [0.05, 0.1) is 19.4 Å². The quantitative estimate of drug-likeness (QED) is 0.700. The summed E-state index contributed by atoms with van der Waals surface area (Å²) in [5, 5.41) is 3.37. The number of nitrogens with two attached hydrogens (primary N) is 1. The Morgan fingerprint density at radius 2 is 2.00 bits per heavy atom. The fourth-order valence-electron chi connectivity index (χ4n) is 3.45. The summed E-state index contributed by atoms with van der Waals surface area (Å²) in [6, 6.07) is 2.07. The monoisotopic (exact) mass is 398 g/mol. The molecule has 1 saturated heterocycles. The van der Waals surface area contributed by atoms with E-state index in [1.54, 1.807) is 6.20 Å². The molecule has 8 nitrogen and oxygen atoms in total. The number of nitrogen functional groups attached to an aromatic ring is 1. The van der Waals surface area contributed by atoms with Crippen LogP contribution in [0.4, 0.5) is 11.8 Å². The smallest absolute Gasteiger partial charge is 0.222 e. The van der Waals surface area contributed by atoms with Crippen molar-refractivity contribution < 1.29 is 9.47 Å². The zero-order chi connectivity index (χ0) is 20.2. The van der Waals surface area contributed by atoms with Gasteiger partial charge in [0.1, 0.15) is 5.75 Å². The highest BCUT2D eigenvalue weighted by Gasteiger charge is 2.26. The summed E-state index contributed by atoms with van der Waals surface area (Å²) in [5.41, 5.74) is 8.01. The predicted molar refractivity (Wildman–Crippen MR) is 113 cm³/mol. The van der Waals surface area contributed by atoms with Crippen molar-refractivity contribution >= 4 is 11.8 Å². The molecule has 3 N–H and O–H groups in total. The van der Waals surface area contributed by atoms with Crippen LogP contribution < -0.4 is 15.8 Å². The first-order valence-electron chi connectivity index (χ1n) is 10.4. The highest BCUT2D eigenvalue weighted by atomic mass is 16.5. The van der Waals surface area contributed by atoms with E-state index in [1.807, 2.05) is 6.20 Å². The SMILES string of the molecule is CC(C)c1cnc(C2CC2)cc1Oc1cnc(N)nc1NCCN1CCOCC1. The van der Waals surface area contributed by atoms with E-state index in [-0.39, 0.29) is 5.95 Å². The number of hydrogen-bond acceptors (Lipinski definition) is 8. The summed E-state index contributed by atoms with van der Waals surface area (Å²) in [7, 11) is 0. The molecule has 29 heavy (non-hydrogen) atoms. The van der Waals surface area contributed by atoms with Gasteiger partial charge in [0.25, 0.3) is 0 Å². The molecule has 1 aliphatic heterocycles. The number of nitrogens with one attached hydrogen (secondary N) is 1. The van der Waals surface area contributed by atoms with Gasteiger partial charge in [-0.2, -0.15) is 4.98 Å². The summed E-state index contributed by atoms with van der Waals surface area (Å²) in [5.74, 6) is 3.11. The lowest BCUT2D eigenvalue weighted by Gasteiger charge is -2.26. The normalized spacial score (nSPS) is 17.5. The summed E-state index contributed by atoms with van der Waals surface area (Å²) in [6.07, 6.45) is 5.98. The second-order valence-electron chi connectivity index (χ2n) is 8.00. The van der Waals surface area contributed by atoms with Crippen molar-refractivity contribution in [2.45, 2.75) is 38.5 Å². The van der Waals surface area contributed by atoms with Gasteiger partial charge in [-0.05, 0) is 18.8 Å². The lowest BCUT2D eigenvalue weighted by atomic mass is 10.0. The number of aromatic nitrogens is 3. The predicted octanol–water partition coefficient (Wildman–Crippen LogP) is 2.99. The molecule has 1 saturated carbocycles. The van der Waals surface area contributed by atoms with Gasteiger partial charge < -0.3 is 20.5 Å². The molecule has 0 unspecified atom stereocenters. The molecule has 1 aliphatic carbocycles. The number of pyridine rings is 1. The Kier molecular flexibility index (Phi) is 6.10. The molecule has 0 atom stereocenters. The molecule has 0 radical (unpaired) electrons. The van der Waals surface area contributed by atoms with E-state index in [9.17, 15) is 0 Å². The number of morpholine rings is 1.